The quantitative estimate of drug-likeness (QED) is 0.526. The largest absolute Gasteiger partial charge is 0.331 e. The maximum Gasteiger partial charge on any atom is 0.188 e. The van der Waals surface area contributed by atoms with Crippen LogP contribution in [0.15, 0.2) is 60.5 Å². The summed E-state index contributed by atoms with van der Waals surface area (Å²) < 4.78 is 2.11. The van der Waals surface area contributed by atoms with Crippen LogP contribution in [-0.4, -0.2) is 24.5 Å². The number of thiazole rings is 1. The maximum atomic E-state index is 6.09. The van der Waals surface area contributed by atoms with Crippen molar-refractivity contribution in [3.63, 3.8) is 0 Å². The third kappa shape index (κ3) is 3.60. The third-order valence-electron chi connectivity index (χ3n) is 3.72. The highest BCUT2D eigenvalue weighted by Crippen LogP contribution is 2.23. The van der Waals surface area contributed by atoms with Crippen LogP contribution in [0.2, 0.25) is 5.02 Å². The topological polar surface area (TPSA) is 56.5 Å². The van der Waals surface area contributed by atoms with E-state index in [9.17, 15) is 0 Å². The zero-order valence-corrected chi connectivity index (χ0v) is 14.8. The highest BCUT2D eigenvalue weighted by Gasteiger charge is 2.09. The molecule has 0 fully saturated rings. The minimum atomic E-state index is 0.668. The summed E-state index contributed by atoms with van der Waals surface area (Å²) >= 11 is 7.65. The molecule has 0 radical (unpaired) electrons. The lowest BCUT2D eigenvalue weighted by Gasteiger charge is -2.07. The fourth-order valence-corrected chi connectivity index (χ4v) is 3.54. The Morgan fingerprint density at radius 1 is 1.04 bits per heavy atom. The van der Waals surface area contributed by atoms with E-state index in [4.69, 9.17) is 11.6 Å². The van der Waals surface area contributed by atoms with Gasteiger partial charge >= 0.3 is 0 Å². The van der Waals surface area contributed by atoms with Crippen LogP contribution in [0.3, 0.4) is 0 Å². The molecule has 0 saturated heterocycles. The van der Waals surface area contributed by atoms with E-state index in [1.807, 2.05) is 30.5 Å². The van der Waals surface area contributed by atoms with Crippen LogP contribution in [0, 0.1) is 0 Å². The minimum absolute atomic E-state index is 0.668. The Kier molecular flexibility index (Phi) is 4.54. The molecule has 4 rings (SSSR count). The van der Waals surface area contributed by atoms with Crippen LogP contribution in [0.4, 0.5) is 0 Å². The molecule has 0 saturated carbocycles. The molecule has 3 aromatic heterocycles. The molecule has 0 aliphatic heterocycles. The smallest absolute Gasteiger partial charge is 0.188 e. The van der Waals surface area contributed by atoms with Crippen LogP contribution in [0.25, 0.3) is 22.2 Å². The van der Waals surface area contributed by atoms with Gasteiger partial charge in [-0.25, -0.2) is 19.9 Å². The van der Waals surface area contributed by atoms with Crippen molar-refractivity contribution >= 4 is 22.9 Å². The summed E-state index contributed by atoms with van der Waals surface area (Å²) in [6.07, 6.45) is 8.05. The highest BCUT2D eigenvalue weighted by atomic mass is 35.5. The summed E-state index contributed by atoms with van der Waals surface area (Å²) in [4.78, 5) is 17.6. The summed E-state index contributed by atoms with van der Waals surface area (Å²) in [6, 6.07) is 9.53. The van der Waals surface area contributed by atoms with Crippen molar-refractivity contribution in [3.8, 4) is 22.2 Å². The van der Waals surface area contributed by atoms with Crippen LogP contribution in [-0.2, 0) is 13.0 Å². The average molecular weight is 368 g/mol. The van der Waals surface area contributed by atoms with Gasteiger partial charge in [-0.2, -0.15) is 0 Å². The predicted molar refractivity (Wildman–Crippen MR) is 99.5 cm³/mol. The van der Waals surface area contributed by atoms with E-state index in [0.29, 0.717) is 10.8 Å². The summed E-state index contributed by atoms with van der Waals surface area (Å²) in [5, 5.41) is 3.61. The molecule has 3 heterocycles. The molecule has 7 heteroatoms. The van der Waals surface area contributed by atoms with Gasteiger partial charge < -0.3 is 4.57 Å². The molecule has 0 spiro atoms. The van der Waals surface area contributed by atoms with E-state index in [2.05, 4.69) is 29.9 Å². The fourth-order valence-electron chi connectivity index (χ4n) is 2.55. The van der Waals surface area contributed by atoms with Crippen LogP contribution >= 0.6 is 22.9 Å². The molecule has 0 atom stereocenters. The van der Waals surface area contributed by atoms with Gasteiger partial charge in [-0.1, -0.05) is 23.7 Å². The number of imidazole rings is 1. The van der Waals surface area contributed by atoms with Gasteiger partial charge in [0.05, 0.1) is 5.69 Å². The van der Waals surface area contributed by atoms with E-state index in [1.165, 1.54) is 0 Å². The van der Waals surface area contributed by atoms with E-state index in [1.54, 1.807) is 36.0 Å². The highest BCUT2D eigenvalue weighted by molar-refractivity contribution is 7.13. The second-order valence-corrected chi connectivity index (χ2v) is 6.72. The Labute approximate surface area is 154 Å². The summed E-state index contributed by atoms with van der Waals surface area (Å²) in [7, 11) is 0. The van der Waals surface area contributed by atoms with Gasteiger partial charge in [-0.05, 0) is 18.2 Å². The molecule has 25 heavy (non-hydrogen) atoms. The standard InChI is InChI=1S/C18H14ClN5S/c19-14-4-1-3-13(11-14)17-22-8-10-24(17)9-5-15-12-25-18(23-15)16-20-6-2-7-21-16/h1-4,6-8,10-12H,5,9H2. The van der Waals surface area contributed by atoms with Crippen molar-refractivity contribution in [1.82, 2.24) is 24.5 Å². The third-order valence-corrected chi connectivity index (χ3v) is 4.84. The zero-order valence-electron chi connectivity index (χ0n) is 13.2. The first-order valence-electron chi connectivity index (χ1n) is 7.78. The maximum absolute atomic E-state index is 6.09. The van der Waals surface area contributed by atoms with Gasteiger partial charge in [0, 0.05) is 53.7 Å². The first-order valence-corrected chi connectivity index (χ1v) is 9.04. The molecule has 0 aliphatic carbocycles. The molecular weight excluding hydrogens is 354 g/mol. The number of nitrogens with zero attached hydrogens (tertiary/aromatic N) is 5. The normalized spacial score (nSPS) is 10.9. The van der Waals surface area contributed by atoms with Gasteiger partial charge in [-0.15, -0.1) is 11.3 Å². The molecular formula is C18H14ClN5S. The number of halogens is 1. The first kappa shape index (κ1) is 15.9. The first-order chi connectivity index (χ1) is 12.3. The van der Waals surface area contributed by atoms with Crippen molar-refractivity contribution in [1.29, 1.82) is 0 Å². The van der Waals surface area contributed by atoms with Crippen molar-refractivity contribution in [2.24, 2.45) is 0 Å². The SMILES string of the molecule is Clc1cccc(-c2nccn2CCc2csc(-c3ncccn3)n2)c1. The molecule has 0 bridgehead atoms. The summed E-state index contributed by atoms with van der Waals surface area (Å²) in [6.45, 7) is 0.792. The summed E-state index contributed by atoms with van der Waals surface area (Å²) in [5.41, 5.74) is 2.03. The number of benzene rings is 1. The number of hydrogen-bond donors (Lipinski definition) is 0. The lowest BCUT2D eigenvalue weighted by atomic mass is 10.2. The van der Waals surface area contributed by atoms with Gasteiger partial charge in [0.15, 0.2) is 10.8 Å². The number of hydrogen-bond acceptors (Lipinski definition) is 5. The van der Waals surface area contributed by atoms with E-state index < -0.39 is 0 Å². The molecule has 1 aromatic carbocycles. The van der Waals surface area contributed by atoms with E-state index >= 15 is 0 Å². The molecule has 0 unspecified atom stereocenters. The van der Waals surface area contributed by atoms with Gasteiger partial charge in [0.2, 0.25) is 0 Å². The molecule has 5 nitrogen and oxygen atoms in total. The second-order valence-electron chi connectivity index (χ2n) is 5.42. The number of aromatic nitrogens is 5. The van der Waals surface area contributed by atoms with Gasteiger partial charge in [0.1, 0.15) is 5.82 Å². The van der Waals surface area contributed by atoms with Gasteiger partial charge in [0.25, 0.3) is 0 Å². The van der Waals surface area contributed by atoms with E-state index in [-0.39, 0.29) is 0 Å². The monoisotopic (exact) mass is 367 g/mol. The molecule has 124 valence electrons. The van der Waals surface area contributed by atoms with Crippen LogP contribution < -0.4 is 0 Å². The van der Waals surface area contributed by atoms with Crippen LogP contribution in [0.5, 0.6) is 0 Å². The minimum Gasteiger partial charge on any atom is -0.331 e. The van der Waals surface area contributed by atoms with Crippen molar-refractivity contribution in [3.05, 3.63) is 71.2 Å². The zero-order chi connectivity index (χ0) is 17.1. The molecule has 0 amide bonds. The fraction of sp³-hybridized carbons (Fsp3) is 0.111. The average Bonchev–Trinajstić information content (AvgIpc) is 3.30. The molecule has 0 aliphatic rings. The van der Waals surface area contributed by atoms with Crippen molar-refractivity contribution < 1.29 is 0 Å². The summed E-state index contributed by atoms with van der Waals surface area (Å²) in [5.74, 6) is 1.57. The predicted octanol–water partition coefficient (Wildman–Crippen LogP) is 4.36. The molecule has 4 aromatic rings. The van der Waals surface area contributed by atoms with Gasteiger partial charge in [-0.3, -0.25) is 0 Å². The second kappa shape index (κ2) is 7.13. The Morgan fingerprint density at radius 2 is 1.92 bits per heavy atom. The Bertz CT molecular complexity index is 980. The van der Waals surface area contributed by atoms with Crippen LogP contribution in [0.1, 0.15) is 5.69 Å². The lowest BCUT2D eigenvalue weighted by molar-refractivity contribution is 0.694. The molecule has 0 N–H and O–H groups in total. The van der Waals surface area contributed by atoms with Crippen molar-refractivity contribution in [2.75, 3.05) is 0 Å². The Balaban J connectivity index is 1.50. The lowest BCUT2D eigenvalue weighted by Crippen LogP contribution is -2.03. The number of aryl methyl sites for hydroxylation is 2. The van der Waals surface area contributed by atoms with Crippen molar-refractivity contribution in [2.45, 2.75) is 13.0 Å². The number of rotatable bonds is 5. The Morgan fingerprint density at radius 3 is 2.76 bits per heavy atom. The van der Waals surface area contributed by atoms with E-state index in [0.717, 1.165) is 35.1 Å². The Hall–Kier alpha value is -2.57.